The van der Waals surface area contributed by atoms with Gasteiger partial charge in [-0.15, -0.1) is 0 Å². The third kappa shape index (κ3) is 3.11. The molecule has 34 heavy (non-hydrogen) atoms. The smallest absolute Gasteiger partial charge is 0.193 e. The highest BCUT2D eigenvalue weighted by molar-refractivity contribution is 5.92. The molecule has 0 bridgehead atoms. The molecule has 3 saturated carbocycles. The van der Waals surface area contributed by atoms with Crippen LogP contribution < -0.4 is 0 Å². The zero-order valence-electron chi connectivity index (χ0n) is 20.1. The van der Waals surface area contributed by atoms with Crippen molar-refractivity contribution in [3.63, 3.8) is 0 Å². The minimum Gasteiger partial charge on any atom is -0.390 e. The Bertz CT molecular complexity index is 900. The van der Waals surface area contributed by atoms with Crippen LogP contribution in [-0.4, -0.2) is 69.9 Å². The van der Waals surface area contributed by atoms with Gasteiger partial charge in [-0.05, 0) is 63.4 Å². The van der Waals surface area contributed by atoms with Gasteiger partial charge in [-0.3, -0.25) is 9.59 Å². The van der Waals surface area contributed by atoms with Crippen LogP contribution in [0.25, 0.3) is 0 Å². The number of carbonyl (C=O) groups is 2. The minimum absolute atomic E-state index is 0.0112. The zero-order valence-corrected chi connectivity index (χ0v) is 20.1. The highest BCUT2D eigenvalue weighted by Gasteiger charge is 2.76. The lowest BCUT2D eigenvalue weighted by molar-refractivity contribution is -0.233. The van der Waals surface area contributed by atoms with Gasteiger partial charge in [-0.25, -0.2) is 4.39 Å². The largest absolute Gasteiger partial charge is 0.390 e. The van der Waals surface area contributed by atoms with Gasteiger partial charge >= 0.3 is 0 Å². The Kier molecular flexibility index (Phi) is 5.88. The molecular weight excluding hydrogens is 443 g/mol. The summed E-state index contributed by atoms with van der Waals surface area (Å²) in [6, 6.07) is 0. The Morgan fingerprint density at radius 1 is 1.18 bits per heavy atom. The molecule has 1 aliphatic heterocycles. The normalized spacial score (nSPS) is 50.7. The van der Waals surface area contributed by atoms with Crippen molar-refractivity contribution in [1.29, 1.82) is 0 Å². The molecule has 0 aromatic carbocycles. The molecule has 9 atom stereocenters. The maximum atomic E-state index is 17.1. The molecule has 0 aromatic heterocycles. The Morgan fingerprint density at radius 2 is 1.94 bits per heavy atom. The zero-order chi connectivity index (χ0) is 24.5. The fourth-order valence-corrected chi connectivity index (χ4v) is 8.21. The molecule has 4 aliphatic carbocycles. The third-order valence-corrected chi connectivity index (χ3v) is 10.2. The summed E-state index contributed by atoms with van der Waals surface area (Å²) >= 11 is 0. The van der Waals surface area contributed by atoms with E-state index in [4.69, 9.17) is 9.47 Å². The van der Waals surface area contributed by atoms with Gasteiger partial charge in [0.15, 0.2) is 23.5 Å². The summed E-state index contributed by atoms with van der Waals surface area (Å²) in [4.78, 5) is 25.4. The number of aliphatic hydroxyl groups is 3. The quantitative estimate of drug-likeness (QED) is 0.566. The number of alkyl halides is 1. The van der Waals surface area contributed by atoms with Crippen molar-refractivity contribution in [3.8, 4) is 0 Å². The second kappa shape index (κ2) is 8.17. The molecule has 1 saturated heterocycles. The topological polar surface area (TPSA) is 113 Å². The van der Waals surface area contributed by atoms with Gasteiger partial charge in [-0.2, -0.15) is 0 Å². The molecule has 7 nitrogen and oxygen atoms in total. The molecule has 0 aromatic rings. The molecule has 4 fully saturated rings. The van der Waals surface area contributed by atoms with E-state index in [1.807, 2.05) is 0 Å². The summed E-state index contributed by atoms with van der Waals surface area (Å²) in [5, 5.41) is 34.1. The Labute approximate surface area is 199 Å². The molecule has 190 valence electrons. The Balaban J connectivity index is 1.44. The fourth-order valence-electron chi connectivity index (χ4n) is 8.21. The molecule has 8 heteroatoms. The van der Waals surface area contributed by atoms with Gasteiger partial charge in [0.25, 0.3) is 0 Å². The maximum absolute atomic E-state index is 17.1. The van der Waals surface area contributed by atoms with Crippen LogP contribution in [0.15, 0.2) is 11.6 Å². The number of ether oxygens (including phenoxy) is 2. The summed E-state index contributed by atoms with van der Waals surface area (Å²) in [5.74, 6) is -1.80. The van der Waals surface area contributed by atoms with Crippen LogP contribution in [0.3, 0.4) is 0 Å². The third-order valence-electron chi connectivity index (χ3n) is 10.2. The molecule has 1 heterocycles. The van der Waals surface area contributed by atoms with E-state index in [1.54, 1.807) is 19.9 Å². The van der Waals surface area contributed by atoms with E-state index >= 15 is 4.39 Å². The van der Waals surface area contributed by atoms with Gasteiger partial charge in [0.1, 0.15) is 12.3 Å². The molecule has 3 N–H and O–H groups in total. The van der Waals surface area contributed by atoms with Crippen molar-refractivity contribution in [3.05, 3.63) is 11.6 Å². The number of halogens is 1. The first-order valence-electron chi connectivity index (χ1n) is 12.8. The second-order valence-electron chi connectivity index (χ2n) is 11.7. The Hall–Kier alpha value is -1.19. The van der Waals surface area contributed by atoms with Crippen molar-refractivity contribution < 1.29 is 38.8 Å². The summed E-state index contributed by atoms with van der Waals surface area (Å²) in [5.41, 5.74) is -5.59. The average Bonchev–Trinajstić information content (AvgIpc) is 3.01. The van der Waals surface area contributed by atoms with Crippen molar-refractivity contribution >= 4 is 11.6 Å². The Morgan fingerprint density at radius 3 is 2.65 bits per heavy atom. The summed E-state index contributed by atoms with van der Waals surface area (Å²) in [6.07, 6.45) is 2.16. The van der Waals surface area contributed by atoms with Gasteiger partial charge in [-0.1, -0.05) is 19.4 Å². The number of Topliss-reactive ketones (excluding diaryl/α,β-unsaturated/α-hetero) is 1. The number of aliphatic hydroxyl groups excluding tert-OH is 2. The van der Waals surface area contributed by atoms with Crippen molar-refractivity contribution in [1.82, 2.24) is 0 Å². The van der Waals surface area contributed by atoms with E-state index in [9.17, 15) is 24.9 Å². The molecule has 5 rings (SSSR count). The first kappa shape index (κ1) is 24.5. The number of rotatable bonds is 4. The lowest BCUT2D eigenvalue weighted by Gasteiger charge is -2.63. The SMILES string of the molecule is C[C@]12CCC(=O)C=C1CC[C@H]1[C@@H]3C[C@@H](O)[C@](O)(C(=O)COC4CCCCO4)[C@@]3(C)C[C@H](O)C12F. The average molecular weight is 481 g/mol. The minimum atomic E-state index is -2.14. The summed E-state index contributed by atoms with van der Waals surface area (Å²) in [7, 11) is 0. The first-order valence-corrected chi connectivity index (χ1v) is 12.8. The number of fused-ring (bicyclic) bond motifs is 5. The molecular formula is C26H37FO7. The van der Waals surface area contributed by atoms with Crippen LogP contribution in [0.2, 0.25) is 0 Å². The van der Waals surface area contributed by atoms with E-state index in [1.165, 1.54) is 0 Å². The highest BCUT2D eigenvalue weighted by atomic mass is 19.1. The predicted molar refractivity (Wildman–Crippen MR) is 119 cm³/mol. The number of carbonyl (C=O) groups excluding carboxylic acids is 2. The van der Waals surface area contributed by atoms with E-state index in [0.29, 0.717) is 32.3 Å². The number of ketones is 2. The summed E-state index contributed by atoms with van der Waals surface area (Å²) < 4.78 is 28.3. The number of allylic oxidation sites excluding steroid dienone is 1. The van der Waals surface area contributed by atoms with Crippen LogP contribution >= 0.6 is 0 Å². The number of hydrogen-bond donors (Lipinski definition) is 3. The van der Waals surface area contributed by atoms with Gasteiger partial charge < -0.3 is 24.8 Å². The molecule has 0 amide bonds. The highest BCUT2D eigenvalue weighted by Crippen LogP contribution is 2.70. The van der Waals surface area contributed by atoms with Crippen molar-refractivity contribution in [2.75, 3.05) is 13.2 Å². The standard InChI is InChI=1S/C26H37FO7/c1-23-9-8-16(28)11-15(23)6-7-17-18-12-19(29)26(32,24(18,2)13-20(30)25(17,23)27)21(31)14-34-22-5-3-4-10-33-22/h11,17-20,22,29-30,32H,3-10,12-14H2,1-2H3/t17-,18-,19+,20-,22?,23-,24-,25?,26-/m0/s1. The van der Waals surface area contributed by atoms with E-state index in [0.717, 1.165) is 18.4 Å². The maximum Gasteiger partial charge on any atom is 0.193 e. The summed E-state index contributed by atoms with van der Waals surface area (Å²) in [6.45, 7) is 3.64. The fraction of sp³-hybridized carbons (Fsp3) is 0.846. The van der Waals surface area contributed by atoms with Crippen LogP contribution in [0.1, 0.15) is 71.6 Å². The van der Waals surface area contributed by atoms with Crippen LogP contribution in [0.5, 0.6) is 0 Å². The molecule has 2 unspecified atom stereocenters. The van der Waals surface area contributed by atoms with E-state index < -0.39 is 64.8 Å². The van der Waals surface area contributed by atoms with Crippen LogP contribution in [0.4, 0.5) is 4.39 Å². The van der Waals surface area contributed by atoms with Crippen molar-refractivity contribution in [2.45, 2.75) is 101 Å². The molecule has 5 aliphatic rings. The van der Waals surface area contributed by atoms with Crippen molar-refractivity contribution in [2.24, 2.45) is 22.7 Å². The first-order chi connectivity index (χ1) is 16.0. The second-order valence-corrected chi connectivity index (χ2v) is 11.7. The number of hydrogen-bond acceptors (Lipinski definition) is 7. The van der Waals surface area contributed by atoms with Crippen LogP contribution in [-0.2, 0) is 19.1 Å². The van der Waals surface area contributed by atoms with Gasteiger partial charge in [0.05, 0.1) is 12.2 Å². The monoisotopic (exact) mass is 480 g/mol. The predicted octanol–water partition coefficient (Wildman–Crippen LogP) is 2.40. The van der Waals surface area contributed by atoms with Gasteiger partial charge in [0, 0.05) is 29.8 Å². The molecule has 0 spiro atoms. The van der Waals surface area contributed by atoms with Crippen LogP contribution in [0, 0.1) is 22.7 Å². The van der Waals surface area contributed by atoms with Gasteiger partial charge in [0.2, 0.25) is 0 Å². The lowest BCUT2D eigenvalue weighted by Crippen LogP contribution is -2.70. The molecule has 0 radical (unpaired) electrons. The van der Waals surface area contributed by atoms with E-state index in [2.05, 4.69) is 0 Å². The lowest BCUT2D eigenvalue weighted by atomic mass is 9.44. The van der Waals surface area contributed by atoms with E-state index in [-0.39, 0.29) is 25.0 Å².